The van der Waals surface area contributed by atoms with Crippen LogP contribution in [0.4, 0.5) is 0 Å². The molecule has 4 nitrogen and oxygen atoms in total. The molecule has 0 aliphatic carbocycles. The highest BCUT2D eigenvalue weighted by Crippen LogP contribution is 2.18. The standard InChI is InChI=1S/C15H23NO3/c1-4-15(18,5-2)11-16-13(14(17)19-3)12-9-7-6-8-10-12/h6-10,13,16,18H,4-5,11H2,1-3H3. The van der Waals surface area contributed by atoms with Gasteiger partial charge in [0.1, 0.15) is 6.04 Å². The molecule has 0 aromatic heterocycles. The molecule has 0 spiro atoms. The second kappa shape index (κ2) is 7.26. The third kappa shape index (κ3) is 4.33. The van der Waals surface area contributed by atoms with Crippen LogP contribution < -0.4 is 5.32 Å². The van der Waals surface area contributed by atoms with Crippen molar-refractivity contribution in [2.24, 2.45) is 0 Å². The van der Waals surface area contributed by atoms with Gasteiger partial charge in [-0.15, -0.1) is 0 Å². The van der Waals surface area contributed by atoms with Crippen molar-refractivity contribution in [2.45, 2.75) is 38.3 Å². The number of rotatable bonds is 7. The smallest absolute Gasteiger partial charge is 0.327 e. The maximum Gasteiger partial charge on any atom is 0.327 e. The van der Waals surface area contributed by atoms with Gasteiger partial charge < -0.3 is 9.84 Å². The first-order valence-electron chi connectivity index (χ1n) is 6.65. The lowest BCUT2D eigenvalue weighted by molar-refractivity contribution is -0.143. The number of aliphatic hydroxyl groups is 1. The highest BCUT2D eigenvalue weighted by Gasteiger charge is 2.27. The summed E-state index contributed by atoms with van der Waals surface area (Å²) in [5, 5.41) is 13.4. The van der Waals surface area contributed by atoms with Crippen LogP contribution in [0.1, 0.15) is 38.3 Å². The average Bonchev–Trinajstić information content (AvgIpc) is 2.48. The lowest BCUT2D eigenvalue weighted by atomic mass is 9.96. The number of carbonyl (C=O) groups is 1. The maximum atomic E-state index is 11.8. The first kappa shape index (κ1) is 15.7. The van der Waals surface area contributed by atoms with Gasteiger partial charge in [0.05, 0.1) is 12.7 Å². The minimum absolute atomic E-state index is 0.347. The van der Waals surface area contributed by atoms with Crippen LogP contribution in [0.3, 0.4) is 0 Å². The van der Waals surface area contributed by atoms with Gasteiger partial charge >= 0.3 is 5.97 Å². The van der Waals surface area contributed by atoms with Crippen LogP contribution in [0.5, 0.6) is 0 Å². The molecule has 0 bridgehead atoms. The van der Waals surface area contributed by atoms with E-state index >= 15 is 0 Å². The molecule has 0 aliphatic rings. The van der Waals surface area contributed by atoms with E-state index in [4.69, 9.17) is 4.74 Å². The molecule has 4 heteroatoms. The minimum Gasteiger partial charge on any atom is -0.468 e. The van der Waals surface area contributed by atoms with E-state index in [0.29, 0.717) is 19.4 Å². The molecule has 1 unspecified atom stereocenters. The van der Waals surface area contributed by atoms with Crippen molar-refractivity contribution < 1.29 is 14.6 Å². The summed E-state index contributed by atoms with van der Waals surface area (Å²) in [5.41, 5.74) is 0.0463. The fourth-order valence-corrected chi connectivity index (χ4v) is 1.89. The largest absolute Gasteiger partial charge is 0.468 e. The van der Waals surface area contributed by atoms with Crippen LogP contribution in [-0.4, -0.2) is 30.3 Å². The van der Waals surface area contributed by atoms with E-state index in [1.54, 1.807) is 0 Å². The average molecular weight is 265 g/mol. The molecular weight excluding hydrogens is 242 g/mol. The van der Waals surface area contributed by atoms with Crippen LogP contribution >= 0.6 is 0 Å². The Kier molecular flexibility index (Phi) is 5.99. The van der Waals surface area contributed by atoms with Gasteiger partial charge in [-0.05, 0) is 18.4 Å². The van der Waals surface area contributed by atoms with Gasteiger partial charge in [-0.2, -0.15) is 0 Å². The second-order valence-corrected chi connectivity index (χ2v) is 4.68. The van der Waals surface area contributed by atoms with Crippen molar-refractivity contribution >= 4 is 5.97 Å². The molecule has 1 aromatic carbocycles. The molecule has 2 N–H and O–H groups in total. The van der Waals surface area contributed by atoms with Crippen molar-refractivity contribution in [1.29, 1.82) is 0 Å². The van der Waals surface area contributed by atoms with Gasteiger partial charge in [-0.3, -0.25) is 5.32 Å². The maximum absolute atomic E-state index is 11.8. The van der Waals surface area contributed by atoms with Crippen LogP contribution in [-0.2, 0) is 9.53 Å². The number of hydrogen-bond acceptors (Lipinski definition) is 4. The molecule has 1 atom stereocenters. The zero-order chi connectivity index (χ0) is 14.3. The molecule has 0 radical (unpaired) electrons. The molecule has 0 heterocycles. The van der Waals surface area contributed by atoms with Crippen LogP contribution in [0.25, 0.3) is 0 Å². The molecule has 106 valence electrons. The van der Waals surface area contributed by atoms with E-state index in [2.05, 4.69) is 5.32 Å². The summed E-state index contributed by atoms with van der Waals surface area (Å²) in [4.78, 5) is 11.8. The molecule has 1 aromatic rings. The van der Waals surface area contributed by atoms with Crippen LogP contribution in [0.15, 0.2) is 30.3 Å². The van der Waals surface area contributed by atoms with Crippen molar-refractivity contribution in [3.05, 3.63) is 35.9 Å². The Morgan fingerprint density at radius 3 is 2.37 bits per heavy atom. The predicted molar refractivity (Wildman–Crippen MR) is 74.7 cm³/mol. The minimum atomic E-state index is -0.791. The lowest BCUT2D eigenvalue weighted by Crippen LogP contribution is -2.43. The normalized spacial score (nSPS) is 13.1. The number of esters is 1. The van der Waals surface area contributed by atoms with E-state index in [9.17, 15) is 9.90 Å². The lowest BCUT2D eigenvalue weighted by Gasteiger charge is -2.28. The van der Waals surface area contributed by atoms with E-state index in [1.165, 1.54) is 7.11 Å². The van der Waals surface area contributed by atoms with E-state index in [-0.39, 0.29) is 5.97 Å². The molecule has 1 rings (SSSR count). The Morgan fingerprint density at radius 2 is 1.89 bits per heavy atom. The summed E-state index contributed by atoms with van der Waals surface area (Å²) in [7, 11) is 1.37. The Balaban J connectivity index is 2.80. The summed E-state index contributed by atoms with van der Waals surface area (Å²) in [6.07, 6.45) is 1.28. The number of hydrogen-bond donors (Lipinski definition) is 2. The summed E-state index contributed by atoms with van der Waals surface area (Å²) in [5.74, 6) is -0.347. The van der Waals surface area contributed by atoms with Gasteiger partial charge in [-0.1, -0.05) is 44.2 Å². The SMILES string of the molecule is CCC(O)(CC)CNC(C(=O)OC)c1ccccc1. The molecule has 0 amide bonds. The highest BCUT2D eigenvalue weighted by atomic mass is 16.5. The molecule has 19 heavy (non-hydrogen) atoms. The predicted octanol–water partition coefficient (Wildman–Crippen LogP) is 2.04. The van der Waals surface area contributed by atoms with E-state index in [1.807, 2.05) is 44.2 Å². The molecule has 0 saturated heterocycles. The zero-order valence-electron chi connectivity index (χ0n) is 11.8. The molecule has 0 fully saturated rings. The quantitative estimate of drug-likeness (QED) is 0.741. The third-order valence-corrected chi connectivity index (χ3v) is 3.52. The first-order valence-corrected chi connectivity index (χ1v) is 6.65. The van der Waals surface area contributed by atoms with Gasteiger partial charge in [0.2, 0.25) is 0 Å². The van der Waals surface area contributed by atoms with Crippen molar-refractivity contribution in [3.8, 4) is 0 Å². The van der Waals surface area contributed by atoms with E-state index in [0.717, 1.165) is 5.56 Å². The molecular formula is C15H23NO3. The summed E-state index contributed by atoms with van der Waals surface area (Å²) >= 11 is 0. The van der Waals surface area contributed by atoms with Gasteiger partial charge in [0.25, 0.3) is 0 Å². The molecule has 0 saturated carbocycles. The number of methoxy groups -OCH3 is 1. The van der Waals surface area contributed by atoms with Crippen LogP contribution in [0.2, 0.25) is 0 Å². The van der Waals surface area contributed by atoms with E-state index < -0.39 is 11.6 Å². The second-order valence-electron chi connectivity index (χ2n) is 4.68. The first-order chi connectivity index (χ1) is 9.06. The monoisotopic (exact) mass is 265 g/mol. The summed E-state index contributed by atoms with van der Waals surface area (Å²) in [6.45, 7) is 4.22. The number of carbonyl (C=O) groups excluding carboxylic acids is 1. The Morgan fingerprint density at radius 1 is 1.32 bits per heavy atom. The van der Waals surface area contributed by atoms with Crippen LogP contribution in [0, 0.1) is 0 Å². The van der Waals surface area contributed by atoms with Gasteiger partial charge in [0.15, 0.2) is 0 Å². The molecule has 0 aliphatic heterocycles. The third-order valence-electron chi connectivity index (χ3n) is 3.52. The van der Waals surface area contributed by atoms with Crippen molar-refractivity contribution in [3.63, 3.8) is 0 Å². The number of ether oxygens (including phenoxy) is 1. The fraction of sp³-hybridized carbons (Fsp3) is 0.533. The van der Waals surface area contributed by atoms with Crippen molar-refractivity contribution in [2.75, 3.05) is 13.7 Å². The number of benzene rings is 1. The summed E-state index contributed by atoms with van der Waals surface area (Å²) in [6, 6.07) is 8.83. The topological polar surface area (TPSA) is 58.6 Å². The Bertz CT molecular complexity index is 388. The Hall–Kier alpha value is -1.39. The Labute approximate surface area is 114 Å². The van der Waals surface area contributed by atoms with Gasteiger partial charge in [0, 0.05) is 6.54 Å². The zero-order valence-corrected chi connectivity index (χ0v) is 11.8. The van der Waals surface area contributed by atoms with Gasteiger partial charge in [-0.25, -0.2) is 4.79 Å². The summed E-state index contributed by atoms with van der Waals surface area (Å²) < 4.78 is 4.82. The fourth-order valence-electron chi connectivity index (χ4n) is 1.89. The number of nitrogens with one attached hydrogen (secondary N) is 1. The van der Waals surface area contributed by atoms with Crippen molar-refractivity contribution in [1.82, 2.24) is 5.32 Å². The highest BCUT2D eigenvalue weighted by molar-refractivity contribution is 5.77.